The van der Waals surface area contributed by atoms with Gasteiger partial charge in [0.1, 0.15) is 11.5 Å². The molecular weight excluding hydrogens is 399 g/mol. The van der Waals surface area contributed by atoms with Gasteiger partial charge in [-0.15, -0.1) is 23.2 Å². The zero-order valence-electron chi connectivity index (χ0n) is 14.8. The average molecular weight is 417 g/mol. The van der Waals surface area contributed by atoms with Crippen molar-refractivity contribution in [1.29, 1.82) is 0 Å². The number of carbonyl (C=O) groups excluding carboxylic acids is 1. The van der Waals surface area contributed by atoms with Gasteiger partial charge in [0.15, 0.2) is 0 Å². The first-order valence-electron chi connectivity index (χ1n) is 8.55. The number of rotatable bonds is 7. The smallest absolute Gasteiger partial charge is 0.343 e. The lowest BCUT2D eigenvalue weighted by atomic mass is 10.1. The molecule has 0 aliphatic rings. The van der Waals surface area contributed by atoms with Gasteiger partial charge < -0.3 is 14.6 Å². The molecule has 0 bridgehead atoms. The fraction of sp³-hybridized carbons (Fsp3) is 0.136. The van der Waals surface area contributed by atoms with E-state index in [1.54, 1.807) is 60.7 Å². The first kappa shape index (κ1) is 20.2. The van der Waals surface area contributed by atoms with E-state index in [1.807, 2.05) is 12.1 Å². The Morgan fingerprint density at radius 3 is 1.82 bits per heavy atom. The lowest BCUT2D eigenvalue weighted by Gasteiger charge is -2.14. The molecule has 1 N–H and O–H groups in total. The number of aliphatic hydroxyl groups excluding tert-OH is 1. The molecule has 0 saturated carbocycles. The summed E-state index contributed by atoms with van der Waals surface area (Å²) < 4.78 is 10.9. The molecule has 0 aliphatic heterocycles. The summed E-state index contributed by atoms with van der Waals surface area (Å²) in [7, 11) is 0. The number of alkyl halides is 2. The van der Waals surface area contributed by atoms with E-state index in [0.29, 0.717) is 34.4 Å². The van der Waals surface area contributed by atoms with E-state index in [0.717, 1.165) is 11.1 Å². The van der Waals surface area contributed by atoms with Gasteiger partial charge in [-0.05, 0) is 47.5 Å². The molecule has 0 heterocycles. The van der Waals surface area contributed by atoms with Crippen molar-refractivity contribution >= 4 is 29.2 Å². The first-order chi connectivity index (χ1) is 13.6. The summed E-state index contributed by atoms with van der Waals surface area (Å²) in [5, 5.41) is 10.2. The summed E-state index contributed by atoms with van der Waals surface area (Å²) in [6.07, 6.45) is -1.11. The highest BCUT2D eigenvalue weighted by atomic mass is 35.5. The van der Waals surface area contributed by atoms with Crippen molar-refractivity contribution in [1.82, 2.24) is 0 Å². The number of benzene rings is 3. The van der Waals surface area contributed by atoms with Crippen molar-refractivity contribution in [2.45, 2.75) is 18.1 Å². The van der Waals surface area contributed by atoms with Gasteiger partial charge in [-0.2, -0.15) is 0 Å². The van der Waals surface area contributed by atoms with Crippen LogP contribution < -0.4 is 9.47 Å². The van der Waals surface area contributed by atoms with E-state index in [4.69, 9.17) is 32.7 Å². The Morgan fingerprint density at radius 2 is 1.29 bits per heavy atom. The number of halogens is 2. The first-order valence-corrected chi connectivity index (χ1v) is 9.62. The van der Waals surface area contributed by atoms with Crippen LogP contribution >= 0.6 is 23.2 Å². The lowest BCUT2D eigenvalue weighted by Crippen LogP contribution is -2.09. The van der Waals surface area contributed by atoms with Crippen molar-refractivity contribution in [2.75, 3.05) is 0 Å². The Bertz CT molecular complexity index is 907. The third-order valence-corrected chi connectivity index (χ3v) is 4.66. The van der Waals surface area contributed by atoms with Crippen LogP contribution in [0, 0.1) is 0 Å². The predicted octanol–water partition coefficient (Wildman–Crippen LogP) is 5.45. The van der Waals surface area contributed by atoms with Gasteiger partial charge in [-0.1, -0.05) is 36.4 Å². The average Bonchev–Trinajstić information content (AvgIpc) is 2.75. The third kappa shape index (κ3) is 5.26. The second-order valence-electron chi connectivity index (χ2n) is 6.04. The molecule has 28 heavy (non-hydrogen) atoms. The van der Waals surface area contributed by atoms with E-state index in [-0.39, 0.29) is 0 Å². The molecule has 3 rings (SSSR count). The van der Waals surface area contributed by atoms with Gasteiger partial charge in [0, 0.05) is 17.3 Å². The Labute approximate surface area is 173 Å². The van der Waals surface area contributed by atoms with Crippen LogP contribution in [0.1, 0.15) is 33.3 Å². The summed E-state index contributed by atoms with van der Waals surface area (Å²) >= 11 is 11.5. The van der Waals surface area contributed by atoms with Crippen molar-refractivity contribution in [3.8, 4) is 11.5 Å². The van der Waals surface area contributed by atoms with Gasteiger partial charge in [0.2, 0.25) is 6.29 Å². The molecule has 144 valence electrons. The molecule has 0 spiro atoms. The third-order valence-electron chi connectivity index (χ3n) is 4.05. The predicted molar refractivity (Wildman–Crippen MR) is 109 cm³/mol. The van der Waals surface area contributed by atoms with E-state index in [2.05, 4.69) is 0 Å². The van der Waals surface area contributed by atoms with E-state index >= 15 is 0 Å². The monoisotopic (exact) mass is 416 g/mol. The Hall–Kier alpha value is -2.53. The fourth-order valence-corrected chi connectivity index (χ4v) is 2.81. The molecule has 0 amide bonds. The zero-order chi connectivity index (χ0) is 19.9. The summed E-state index contributed by atoms with van der Waals surface area (Å²) in [5.41, 5.74) is 2.94. The summed E-state index contributed by atoms with van der Waals surface area (Å²) in [6, 6.07) is 20.5. The van der Waals surface area contributed by atoms with Crippen LogP contribution in [0.15, 0.2) is 72.8 Å². The Balaban J connectivity index is 1.59. The molecule has 4 nitrogen and oxygen atoms in total. The van der Waals surface area contributed by atoms with Crippen LogP contribution in [0.2, 0.25) is 0 Å². The highest BCUT2D eigenvalue weighted by Crippen LogP contribution is 2.24. The minimum atomic E-state index is -1.11. The fourth-order valence-electron chi connectivity index (χ4n) is 2.45. The Kier molecular flexibility index (Phi) is 6.93. The van der Waals surface area contributed by atoms with Crippen molar-refractivity contribution in [3.63, 3.8) is 0 Å². The van der Waals surface area contributed by atoms with Crippen LogP contribution in [0.4, 0.5) is 0 Å². The van der Waals surface area contributed by atoms with Gasteiger partial charge in [0.25, 0.3) is 0 Å². The SMILES string of the molecule is O=C(Oc1ccc(OC(O)c2ccc(CCl)cc2)cc1)c1ccc(CCl)cc1. The molecule has 1 unspecified atom stereocenters. The largest absolute Gasteiger partial charge is 0.461 e. The van der Waals surface area contributed by atoms with E-state index in [1.165, 1.54) is 0 Å². The van der Waals surface area contributed by atoms with Gasteiger partial charge in [-0.25, -0.2) is 4.79 Å². The number of aliphatic hydroxyl groups is 1. The van der Waals surface area contributed by atoms with Gasteiger partial charge in [0.05, 0.1) is 5.56 Å². The van der Waals surface area contributed by atoms with Crippen LogP contribution in [-0.4, -0.2) is 11.1 Å². The van der Waals surface area contributed by atoms with Crippen LogP contribution in [0.5, 0.6) is 11.5 Å². The van der Waals surface area contributed by atoms with Crippen LogP contribution in [-0.2, 0) is 11.8 Å². The maximum absolute atomic E-state index is 12.2. The maximum atomic E-state index is 12.2. The number of esters is 1. The summed E-state index contributed by atoms with van der Waals surface area (Å²) in [6.45, 7) is 0. The molecule has 0 aliphatic carbocycles. The quantitative estimate of drug-likeness (QED) is 0.240. The second-order valence-corrected chi connectivity index (χ2v) is 6.57. The topological polar surface area (TPSA) is 55.8 Å². The van der Waals surface area contributed by atoms with Crippen molar-refractivity contribution in [2.24, 2.45) is 0 Å². The molecule has 6 heteroatoms. The minimum absolute atomic E-state index is 0.375. The normalized spacial score (nSPS) is 11.7. The number of hydrogen-bond acceptors (Lipinski definition) is 4. The summed E-state index contributed by atoms with van der Waals surface area (Å²) in [4.78, 5) is 12.2. The van der Waals surface area contributed by atoms with Crippen molar-refractivity contribution < 1.29 is 19.4 Å². The molecule has 0 radical (unpaired) electrons. The molecule has 0 aromatic heterocycles. The number of carbonyl (C=O) groups is 1. The highest BCUT2D eigenvalue weighted by molar-refractivity contribution is 6.17. The molecule has 0 fully saturated rings. The number of hydrogen-bond donors (Lipinski definition) is 1. The maximum Gasteiger partial charge on any atom is 0.343 e. The lowest BCUT2D eigenvalue weighted by molar-refractivity contribution is -0.0194. The number of ether oxygens (including phenoxy) is 2. The second kappa shape index (κ2) is 9.60. The van der Waals surface area contributed by atoms with Gasteiger partial charge >= 0.3 is 5.97 Å². The van der Waals surface area contributed by atoms with Gasteiger partial charge in [-0.3, -0.25) is 0 Å². The minimum Gasteiger partial charge on any atom is -0.461 e. The van der Waals surface area contributed by atoms with Crippen LogP contribution in [0.25, 0.3) is 0 Å². The Morgan fingerprint density at radius 1 is 0.786 bits per heavy atom. The highest BCUT2D eigenvalue weighted by Gasteiger charge is 2.11. The molecule has 3 aromatic carbocycles. The molecule has 0 saturated heterocycles. The zero-order valence-corrected chi connectivity index (χ0v) is 16.4. The molecule has 3 aromatic rings. The molecular formula is C22H18Cl2O4. The van der Waals surface area contributed by atoms with Crippen molar-refractivity contribution in [3.05, 3.63) is 95.1 Å². The molecule has 1 atom stereocenters. The van der Waals surface area contributed by atoms with E-state index in [9.17, 15) is 9.90 Å². The van der Waals surface area contributed by atoms with Crippen LogP contribution in [0.3, 0.4) is 0 Å². The summed E-state index contributed by atoms with van der Waals surface area (Å²) in [5.74, 6) is 1.16. The standard InChI is InChI=1S/C22H18Cl2O4/c23-13-15-1-5-17(6-2-15)21(25)27-19-9-11-20(12-10-19)28-22(26)18-7-3-16(14-24)4-8-18/h1-12,21,25H,13-14H2. The van der Waals surface area contributed by atoms with E-state index < -0.39 is 12.3 Å².